The maximum absolute atomic E-state index is 11.4. The van der Waals surface area contributed by atoms with Gasteiger partial charge in [0.1, 0.15) is 11.5 Å². The zero-order chi connectivity index (χ0) is 12.8. The van der Waals surface area contributed by atoms with E-state index < -0.39 is 0 Å². The number of methoxy groups -OCH3 is 2. The van der Waals surface area contributed by atoms with Crippen molar-refractivity contribution in [3.05, 3.63) is 17.2 Å². The highest BCUT2D eigenvalue weighted by atomic mass is 35.5. The number of anilines is 1. The third-order valence-electron chi connectivity index (χ3n) is 2.12. The molecule has 0 radical (unpaired) electrons. The van der Waals surface area contributed by atoms with Crippen LogP contribution in [0.2, 0.25) is 5.02 Å². The molecular weight excluding hydrogens is 279 g/mol. The average molecular weight is 295 g/mol. The summed E-state index contributed by atoms with van der Waals surface area (Å²) < 4.78 is 10.2. The molecule has 0 bridgehead atoms. The van der Waals surface area contributed by atoms with Crippen LogP contribution in [0.1, 0.15) is 6.42 Å². The molecular formula is C11H16Cl2N2O3. The predicted molar refractivity (Wildman–Crippen MR) is 74.1 cm³/mol. The van der Waals surface area contributed by atoms with E-state index >= 15 is 0 Å². The van der Waals surface area contributed by atoms with Gasteiger partial charge in [-0.1, -0.05) is 11.6 Å². The van der Waals surface area contributed by atoms with E-state index in [-0.39, 0.29) is 24.7 Å². The van der Waals surface area contributed by atoms with Gasteiger partial charge in [-0.2, -0.15) is 0 Å². The Hall–Kier alpha value is -1.17. The van der Waals surface area contributed by atoms with Crippen molar-refractivity contribution in [3.63, 3.8) is 0 Å². The first kappa shape index (κ1) is 16.8. The standard InChI is InChI=1S/C11H15ClN2O3.ClH/c1-16-9-6-8(14-11(15)3-4-13)10(17-2)5-7(9)12;/h5-6H,3-4,13H2,1-2H3,(H,14,15);1H. The van der Waals surface area contributed by atoms with Crippen molar-refractivity contribution < 1.29 is 14.3 Å². The molecule has 0 aromatic heterocycles. The number of nitrogens with two attached hydrogens (primary N) is 1. The summed E-state index contributed by atoms with van der Waals surface area (Å²) in [6.45, 7) is 0.291. The minimum absolute atomic E-state index is 0. The Morgan fingerprint density at radius 3 is 2.44 bits per heavy atom. The molecule has 1 rings (SSSR count). The fourth-order valence-electron chi connectivity index (χ4n) is 1.30. The molecule has 0 saturated carbocycles. The zero-order valence-electron chi connectivity index (χ0n) is 10.2. The number of hydrogen-bond donors (Lipinski definition) is 2. The van der Waals surface area contributed by atoms with Gasteiger partial charge in [0.05, 0.1) is 24.9 Å². The minimum atomic E-state index is -0.185. The highest BCUT2D eigenvalue weighted by molar-refractivity contribution is 6.32. The molecule has 0 fully saturated rings. The maximum atomic E-state index is 11.4. The molecule has 0 unspecified atom stereocenters. The summed E-state index contributed by atoms with van der Waals surface area (Å²) in [6, 6.07) is 3.19. The van der Waals surface area contributed by atoms with Crippen LogP contribution in [0.5, 0.6) is 11.5 Å². The smallest absolute Gasteiger partial charge is 0.225 e. The lowest BCUT2D eigenvalue weighted by Crippen LogP contribution is -2.16. The number of ether oxygens (including phenoxy) is 2. The van der Waals surface area contributed by atoms with Crippen molar-refractivity contribution in [1.29, 1.82) is 0 Å². The Bertz CT molecular complexity index is 414. The fraction of sp³-hybridized carbons (Fsp3) is 0.364. The molecule has 0 aliphatic carbocycles. The largest absolute Gasteiger partial charge is 0.495 e. The zero-order valence-corrected chi connectivity index (χ0v) is 11.7. The number of carbonyl (C=O) groups excluding carboxylic acids is 1. The van der Waals surface area contributed by atoms with Crippen LogP contribution in [0.15, 0.2) is 12.1 Å². The van der Waals surface area contributed by atoms with Gasteiger partial charge in [0.25, 0.3) is 0 Å². The van der Waals surface area contributed by atoms with Gasteiger partial charge in [0.2, 0.25) is 5.91 Å². The van der Waals surface area contributed by atoms with Crippen LogP contribution in [0.3, 0.4) is 0 Å². The molecule has 0 saturated heterocycles. The Morgan fingerprint density at radius 1 is 1.33 bits per heavy atom. The van der Waals surface area contributed by atoms with Gasteiger partial charge >= 0.3 is 0 Å². The monoisotopic (exact) mass is 294 g/mol. The van der Waals surface area contributed by atoms with Crippen LogP contribution < -0.4 is 20.5 Å². The highest BCUT2D eigenvalue weighted by Gasteiger charge is 2.11. The number of amides is 1. The summed E-state index contributed by atoms with van der Waals surface area (Å²) in [5.74, 6) is 0.756. The van der Waals surface area contributed by atoms with Crippen LogP contribution in [0, 0.1) is 0 Å². The van der Waals surface area contributed by atoms with Crippen molar-refractivity contribution in [2.45, 2.75) is 6.42 Å². The second-order valence-electron chi connectivity index (χ2n) is 3.27. The van der Waals surface area contributed by atoms with E-state index in [0.717, 1.165) is 0 Å². The second-order valence-corrected chi connectivity index (χ2v) is 3.68. The second kappa shape index (κ2) is 8.02. The van der Waals surface area contributed by atoms with E-state index in [0.29, 0.717) is 28.8 Å². The Balaban J connectivity index is 0.00000289. The molecule has 0 aliphatic heterocycles. The summed E-state index contributed by atoms with van der Waals surface area (Å²) in [5, 5.41) is 3.10. The molecule has 3 N–H and O–H groups in total. The third-order valence-corrected chi connectivity index (χ3v) is 2.41. The van der Waals surface area contributed by atoms with Gasteiger partial charge in [0.15, 0.2) is 0 Å². The molecule has 1 amide bonds. The lowest BCUT2D eigenvalue weighted by molar-refractivity contribution is -0.116. The number of hydrogen-bond acceptors (Lipinski definition) is 4. The van der Waals surface area contributed by atoms with Gasteiger partial charge < -0.3 is 20.5 Å². The lowest BCUT2D eigenvalue weighted by Gasteiger charge is -2.12. The van der Waals surface area contributed by atoms with Gasteiger partial charge in [-0.15, -0.1) is 12.4 Å². The average Bonchev–Trinajstić information content (AvgIpc) is 2.31. The topological polar surface area (TPSA) is 73.6 Å². The van der Waals surface area contributed by atoms with Crippen LogP contribution in [-0.4, -0.2) is 26.7 Å². The van der Waals surface area contributed by atoms with Crippen LogP contribution in [-0.2, 0) is 4.79 Å². The molecule has 1 aromatic rings. The van der Waals surface area contributed by atoms with Gasteiger partial charge in [-0.25, -0.2) is 0 Å². The number of halogens is 2. The third kappa shape index (κ3) is 4.25. The van der Waals surface area contributed by atoms with E-state index in [9.17, 15) is 4.79 Å². The summed E-state index contributed by atoms with van der Waals surface area (Å²) >= 11 is 5.94. The SMILES string of the molecule is COc1cc(NC(=O)CCN)c(OC)cc1Cl.Cl. The predicted octanol–water partition coefficient (Wildman–Crippen LogP) is 2.07. The first-order valence-corrected chi connectivity index (χ1v) is 5.41. The van der Waals surface area contributed by atoms with E-state index in [1.54, 1.807) is 12.1 Å². The number of nitrogens with one attached hydrogen (secondary N) is 1. The van der Waals surface area contributed by atoms with Crippen LogP contribution in [0.25, 0.3) is 0 Å². The van der Waals surface area contributed by atoms with E-state index in [1.165, 1.54) is 14.2 Å². The molecule has 0 aliphatic rings. The Kier molecular flexibility index (Phi) is 7.50. The number of carbonyl (C=O) groups is 1. The van der Waals surface area contributed by atoms with Crippen LogP contribution in [0.4, 0.5) is 5.69 Å². The summed E-state index contributed by atoms with van der Waals surface area (Å²) in [6.07, 6.45) is 0.244. The van der Waals surface area contributed by atoms with E-state index in [2.05, 4.69) is 5.32 Å². The Morgan fingerprint density at radius 2 is 1.94 bits per heavy atom. The number of benzene rings is 1. The van der Waals surface area contributed by atoms with Gasteiger partial charge in [0, 0.05) is 25.1 Å². The van der Waals surface area contributed by atoms with Crippen LogP contribution >= 0.6 is 24.0 Å². The molecule has 18 heavy (non-hydrogen) atoms. The summed E-state index contributed by atoms with van der Waals surface area (Å²) in [5.41, 5.74) is 5.80. The molecule has 102 valence electrons. The van der Waals surface area contributed by atoms with Crippen molar-refractivity contribution in [1.82, 2.24) is 0 Å². The summed E-state index contributed by atoms with van der Waals surface area (Å²) in [4.78, 5) is 11.4. The van der Waals surface area contributed by atoms with Gasteiger partial charge in [-0.3, -0.25) is 4.79 Å². The number of rotatable bonds is 5. The summed E-state index contributed by atoms with van der Waals surface area (Å²) in [7, 11) is 3.00. The molecule has 5 nitrogen and oxygen atoms in total. The van der Waals surface area contributed by atoms with Gasteiger partial charge in [-0.05, 0) is 0 Å². The van der Waals surface area contributed by atoms with E-state index in [1.807, 2.05) is 0 Å². The first-order chi connectivity index (χ1) is 8.12. The first-order valence-electron chi connectivity index (χ1n) is 5.03. The molecule has 0 spiro atoms. The quantitative estimate of drug-likeness (QED) is 0.872. The Labute approximate surface area is 117 Å². The fourth-order valence-corrected chi connectivity index (χ4v) is 1.53. The minimum Gasteiger partial charge on any atom is -0.495 e. The van der Waals surface area contributed by atoms with Crippen molar-refractivity contribution in [2.75, 3.05) is 26.1 Å². The van der Waals surface area contributed by atoms with Crippen molar-refractivity contribution in [2.24, 2.45) is 5.73 Å². The normalized spacial score (nSPS) is 9.33. The van der Waals surface area contributed by atoms with E-state index in [4.69, 9.17) is 26.8 Å². The molecule has 0 atom stereocenters. The molecule has 0 heterocycles. The maximum Gasteiger partial charge on any atom is 0.225 e. The molecule has 7 heteroatoms. The molecule has 1 aromatic carbocycles. The van der Waals surface area contributed by atoms with Crippen molar-refractivity contribution in [3.8, 4) is 11.5 Å². The lowest BCUT2D eigenvalue weighted by atomic mass is 10.2. The van der Waals surface area contributed by atoms with Crippen molar-refractivity contribution >= 4 is 35.6 Å². The highest BCUT2D eigenvalue weighted by Crippen LogP contribution is 2.35.